The summed E-state index contributed by atoms with van der Waals surface area (Å²) < 4.78 is 43.2. The van der Waals surface area contributed by atoms with Gasteiger partial charge in [-0.25, -0.2) is 9.66 Å². The van der Waals surface area contributed by atoms with Crippen LogP contribution in [-0.4, -0.2) is 65.9 Å². The molecule has 1 saturated heterocycles. The van der Waals surface area contributed by atoms with E-state index in [1.165, 1.54) is 6.07 Å². The van der Waals surface area contributed by atoms with Crippen molar-refractivity contribution in [1.29, 1.82) is 0 Å². The van der Waals surface area contributed by atoms with Gasteiger partial charge in [-0.15, -0.1) is 0 Å². The van der Waals surface area contributed by atoms with Crippen LogP contribution in [0.4, 0.5) is 13.2 Å². The molecule has 1 fully saturated rings. The highest BCUT2D eigenvalue weighted by atomic mass is 19.4. The van der Waals surface area contributed by atoms with Crippen LogP contribution in [0.3, 0.4) is 0 Å². The molecule has 0 spiro atoms. The highest BCUT2D eigenvalue weighted by Crippen LogP contribution is 2.32. The minimum Gasteiger partial charge on any atom is -0.347 e. The Balaban J connectivity index is 1.64. The average molecular weight is 348 g/mol. The molecule has 0 aliphatic carbocycles. The van der Waals surface area contributed by atoms with E-state index in [9.17, 15) is 13.2 Å². The summed E-state index contributed by atoms with van der Waals surface area (Å²) in [5.41, 5.74) is 0.410. The van der Waals surface area contributed by atoms with Gasteiger partial charge in [-0.1, -0.05) is 12.1 Å². The van der Waals surface area contributed by atoms with Crippen LogP contribution in [0, 0.1) is 0 Å². The van der Waals surface area contributed by atoms with Crippen molar-refractivity contribution in [1.82, 2.24) is 19.4 Å². The fourth-order valence-corrected chi connectivity index (χ4v) is 3.07. The number of benzene rings is 1. The number of alkyl halides is 3. The monoisotopic (exact) mass is 348 g/mol. The van der Waals surface area contributed by atoms with Crippen LogP contribution in [0.15, 0.2) is 35.5 Å². The van der Waals surface area contributed by atoms with Crippen LogP contribution in [0.1, 0.15) is 11.1 Å². The van der Waals surface area contributed by atoms with E-state index in [1.807, 2.05) is 0 Å². The molecule has 0 radical (unpaired) electrons. The largest absolute Gasteiger partial charge is 0.416 e. The molecule has 1 aromatic rings. The van der Waals surface area contributed by atoms with Crippen molar-refractivity contribution in [3.8, 4) is 0 Å². The van der Waals surface area contributed by atoms with E-state index in [0.717, 1.165) is 44.1 Å². The zero-order valence-corrected chi connectivity index (χ0v) is 13.7. The Morgan fingerprint density at radius 1 is 1.12 bits per heavy atom. The molecule has 0 N–H and O–H groups in total. The number of fused-ring (bicyclic) bond motifs is 1. The predicted octanol–water partition coefficient (Wildman–Crippen LogP) is 1.47. The molecule has 0 bridgehead atoms. The van der Waals surface area contributed by atoms with Crippen molar-refractivity contribution >= 4 is 23.7 Å². The van der Waals surface area contributed by atoms with E-state index in [0.29, 0.717) is 17.1 Å². The predicted molar refractivity (Wildman–Crippen MR) is 91.0 cm³/mol. The van der Waals surface area contributed by atoms with Crippen molar-refractivity contribution in [3.05, 3.63) is 41.6 Å². The van der Waals surface area contributed by atoms with E-state index in [4.69, 9.17) is 0 Å². The summed E-state index contributed by atoms with van der Waals surface area (Å²) in [6, 6.07) is 5.28. The fourth-order valence-electron chi connectivity index (χ4n) is 3.07. The van der Waals surface area contributed by atoms with Crippen LogP contribution in [-0.2, 0) is 6.18 Å². The van der Waals surface area contributed by atoms with Gasteiger partial charge in [-0.3, -0.25) is 0 Å². The lowest BCUT2D eigenvalue weighted by molar-refractivity contribution is -0.137. The van der Waals surface area contributed by atoms with Gasteiger partial charge in [-0.05, 0) is 19.2 Å². The lowest BCUT2D eigenvalue weighted by Gasteiger charge is -2.35. The van der Waals surface area contributed by atoms with Gasteiger partial charge in [0.2, 0.25) is 5.84 Å². The zero-order chi connectivity index (χ0) is 17.6. The summed E-state index contributed by atoms with van der Waals surface area (Å²) in [6.07, 6.45) is -1.13. The van der Waals surface area contributed by atoms with Gasteiger partial charge in [0.15, 0.2) is 0 Å². The van der Waals surface area contributed by atoms with Crippen molar-refractivity contribution in [2.45, 2.75) is 6.18 Å². The maximum absolute atomic E-state index is 13.0. The molecule has 25 heavy (non-hydrogen) atoms. The van der Waals surface area contributed by atoms with Crippen molar-refractivity contribution in [2.75, 3.05) is 33.2 Å². The Bertz CT molecular complexity index is 825. The summed E-state index contributed by atoms with van der Waals surface area (Å²) in [5, 5.41) is 0. The first-order valence-corrected chi connectivity index (χ1v) is 8.03. The van der Waals surface area contributed by atoms with Crippen molar-refractivity contribution in [2.24, 2.45) is 4.99 Å². The second-order valence-corrected chi connectivity index (χ2v) is 6.27. The minimum absolute atomic E-state index is 0.472. The number of likely N-dealkylation sites (N-methyl/N-ethyl adjacent to an activating group) is 1. The van der Waals surface area contributed by atoms with Gasteiger partial charge < -0.3 is 9.80 Å². The third-order valence-corrected chi connectivity index (χ3v) is 4.58. The van der Waals surface area contributed by atoms with Gasteiger partial charge in [0, 0.05) is 31.7 Å². The summed E-state index contributed by atoms with van der Waals surface area (Å²) in [5.74, 6) is 1.48. The molecule has 5 nitrogen and oxygen atoms in total. The third kappa shape index (κ3) is 2.83. The smallest absolute Gasteiger partial charge is 0.347 e. The standard InChI is InChI=1S/C17H17F3N5/c1-23-5-7-24(8-6-23)15-16-22-11-25(16)14(10-21-15)12-3-2-4-13(9-12)17(18,19)20/h2-4,9-11H,5-8H2,1H3/q+1. The first-order valence-electron chi connectivity index (χ1n) is 8.03. The molecular formula is C17H17F3N5+. The molecule has 3 aliphatic heterocycles. The normalized spacial score (nSPS) is 20.6. The Hall–Kier alpha value is -2.57. The number of halogens is 3. The lowest BCUT2D eigenvalue weighted by Crippen LogP contribution is -2.56. The van der Waals surface area contributed by atoms with Crippen LogP contribution >= 0.6 is 0 Å². The molecule has 0 saturated carbocycles. The second-order valence-electron chi connectivity index (χ2n) is 6.27. The van der Waals surface area contributed by atoms with E-state index >= 15 is 0 Å². The highest BCUT2D eigenvalue weighted by molar-refractivity contribution is 6.46. The lowest BCUT2D eigenvalue weighted by atomic mass is 10.1. The SMILES string of the molecule is CN1CCN(C2=NC=C(c3cccc(C(F)(F)F)c3)N3C=[N+]=C23)CC1. The van der Waals surface area contributed by atoms with Crippen LogP contribution in [0.2, 0.25) is 0 Å². The zero-order valence-electron chi connectivity index (χ0n) is 13.7. The molecule has 4 rings (SSSR count). The Kier molecular flexibility index (Phi) is 3.67. The number of hydrogen-bond acceptors (Lipinski definition) is 4. The molecule has 0 unspecified atom stereocenters. The molecule has 0 aromatic heterocycles. The third-order valence-electron chi connectivity index (χ3n) is 4.58. The minimum atomic E-state index is -4.37. The van der Waals surface area contributed by atoms with Gasteiger partial charge in [0.1, 0.15) is 5.70 Å². The van der Waals surface area contributed by atoms with Crippen molar-refractivity contribution in [3.63, 3.8) is 0 Å². The summed E-state index contributed by atoms with van der Waals surface area (Å²) in [4.78, 5) is 10.7. The number of hydrogen-bond donors (Lipinski definition) is 0. The molecule has 8 heteroatoms. The number of nitrogens with zero attached hydrogens (tertiary/aromatic N) is 5. The molecule has 130 valence electrons. The van der Waals surface area contributed by atoms with Gasteiger partial charge in [0.05, 0.1) is 11.8 Å². The molecule has 3 heterocycles. The summed E-state index contributed by atoms with van der Waals surface area (Å²) in [7, 11) is 2.08. The fraction of sp³-hybridized carbons (Fsp3) is 0.353. The summed E-state index contributed by atoms with van der Waals surface area (Å²) in [6.45, 7) is 3.60. The maximum Gasteiger partial charge on any atom is 0.416 e. The summed E-state index contributed by atoms with van der Waals surface area (Å²) >= 11 is 0. The van der Waals surface area contributed by atoms with Crippen molar-refractivity contribution < 1.29 is 13.2 Å². The Labute approximate surface area is 143 Å². The maximum atomic E-state index is 13.0. The van der Waals surface area contributed by atoms with Crippen LogP contribution < -0.4 is 4.67 Å². The quantitative estimate of drug-likeness (QED) is 0.722. The molecular weight excluding hydrogens is 331 g/mol. The second kappa shape index (κ2) is 5.75. The highest BCUT2D eigenvalue weighted by Gasteiger charge is 2.40. The molecule has 3 aliphatic rings. The first-order chi connectivity index (χ1) is 11.9. The van der Waals surface area contributed by atoms with Gasteiger partial charge in [0.25, 0.3) is 6.34 Å². The molecule has 0 atom stereocenters. The van der Waals surface area contributed by atoms with E-state index in [-0.39, 0.29) is 0 Å². The Morgan fingerprint density at radius 3 is 2.52 bits per heavy atom. The van der Waals surface area contributed by atoms with E-state index < -0.39 is 11.7 Å². The number of amidine groups is 2. The number of aliphatic imine (C=N–C) groups is 1. The number of rotatable bonds is 1. The number of piperazine rings is 1. The van der Waals surface area contributed by atoms with E-state index in [2.05, 4.69) is 26.5 Å². The van der Waals surface area contributed by atoms with Gasteiger partial charge >= 0.3 is 12.0 Å². The van der Waals surface area contributed by atoms with E-state index in [1.54, 1.807) is 23.5 Å². The Morgan fingerprint density at radius 2 is 1.88 bits per heavy atom. The van der Waals surface area contributed by atoms with Crippen LogP contribution in [0.5, 0.6) is 0 Å². The first kappa shape index (κ1) is 15.9. The molecule has 0 amide bonds. The average Bonchev–Trinajstić information content (AvgIpc) is 2.55. The van der Waals surface area contributed by atoms with Gasteiger partial charge in [-0.2, -0.15) is 18.1 Å². The topological polar surface area (TPSA) is 36.2 Å². The van der Waals surface area contributed by atoms with Crippen LogP contribution in [0.25, 0.3) is 5.70 Å². The molecule has 1 aromatic carbocycles.